The zero-order valence-corrected chi connectivity index (χ0v) is 27.9. The first kappa shape index (κ1) is 35.0. The van der Waals surface area contributed by atoms with Gasteiger partial charge in [0.1, 0.15) is 6.04 Å². The number of aliphatic hydroxyl groups excluding tert-OH is 2. The molecule has 256 valence electrons. The Morgan fingerprint density at radius 3 is 2.40 bits per heavy atom. The molecule has 0 spiro atoms. The van der Waals surface area contributed by atoms with E-state index >= 15 is 0 Å². The van der Waals surface area contributed by atoms with E-state index in [9.17, 15) is 24.6 Å². The fraction of sp³-hybridized carbons (Fsp3) is 0.432. The molecule has 4 atom stereocenters. The second-order valence-electron chi connectivity index (χ2n) is 13.5. The van der Waals surface area contributed by atoms with Crippen LogP contribution in [0.1, 0.15) is 50.7 Å². The highest BCUT2D eigenvalue weighted by Crippen LogP contribution is 2.36. The highest BCUT2D eigenvalue weighted by Gasteiger charge is 2.39. The van der Waals surface area contributed by atoms with Crippen molar-refractivity contribution in [1.82, 2.24) is 10.2 Å². The normalized spacial score (nSPS) is 19.6. The maximum Gasteiger partial charge on any atom is 0.322 e. The maximum absolute atomic E-state index is 14.2. The summed E-state index contributed by atoms with van der Waals surface area (Å²) in [5.41, 5.74) is 10.7. The summed E-state index contributed by atoms with van der Waals surface area (Å²) in [5, 5.41) is 25.3. The van der Waals surface area contributed by atoms with Crippen LogP contribution in [0.25, 0.3) is 11.1 Å². The van der Waals surface area contributed by atoms with Crippen LogP contribution in [-0.4, -0.2) is 84.1 Å². The van der Waals surface area contributed by atoms with Gasteiger partial charge in [0.25, 0.3) is 0 Å². The molecule has 6 N–H and O–H groups in total. The molecule has 1 fully saturated rings. The minimum absolute atomic E-state index is 0.0209. The van der Waals surface area contributed by atoms with Crippen molar-refractivity contribution in [3.8, 4) is 11.1 Å². The summed E-state index contributed by atoms with van der Waals surface area (Å²) >= 11 is 0. The molecule has 5 rings (SSSR count). The summed E-state index contributed by atoms with van der Waals surface area (Å²) in [6.45, 7) is 7.55. The van der Waals surface area contributed by atoms with Gasteiger partial charge in [-0.05, 0) is 53.0 Å². The van der Waals surface area contributed by atoms with Crippen LogP contribution in [0.5, 0.6) is 0 Å². The molecule has 0 saturated carbocycles. The number of hydrogen-bond donors (Lipinski definition) is 5. The SMILES string of the molecule is CC1CC(NC(=O)C(N)C(C)(C)C[C@H](O)CO)C(=O)N(Cc2ccc(-c3ccccc3NC(=O)N3CCOCC3)cc2)c2ccccc21. The number of carbonyl (C=O) groups excluding carboxylic acids is 3. The summed E-state index contributed by atoms with van der Waals surface area (Å²) < 4.78 is 5.37. The number of morpholine rings is 1. The fourth-order valence-corrected chi connectivity index (χ4v) is 6.51. The summed E-state index contributed by atoms with van der Waals surface area (Å²) in [6.07, 6.45) is -0.473. The van der Waals surface area contributed by atoms with Crippen molar-refractivity contribution in [2.45, 2.75) is 64.3 Å². The number of anilines is 2. The number of fused-ring (bicyclic) bond motifs is 1. The molecule has 48 heavy (non-hydrogen) atoms. The Bertz CT molecular complexity index is 1590. The molecule has 3 aromatic carbocycles. The second-order valence-corrected chi connectivity index (χ2v) is 13.5. The number of hydrogen-bond acceptors (Lipinski definition) is 7. The lowest BCUT2D eigenvalue weighted by Crippen LogP contribution is -2.56. The number of carbonyl (C=O) groups is 3. The van der Waals surface area contributed by atoms with Crippen molar-refractivity contribution in [2.24, 2.45) is 11.1 Å². The minimum Gasteiger partial charge on any atom is -0.394 e. The third-order valence-electron chi connectivity index (χ3n) is 9.40. The number of aliphatic hydroxyl groups is 2. The fourth-order valence-electron chi connectivity index (χ4n) is 6.51. The van der Waals surface area contributed by atoms with E-state index in [1.165, 1.54) is 0 Å². The first-order chi connectivity index (χ1) is 23.0. The predicted octanol–water partition coefficient (Wildman–Crippen LogP) is 3.84. The molecular formula is C37H47N5O6. The van der Waals surface area contributed by atoms with Crippen LogP contribution in [0.4, 0.5) is 16.2 Å². The Morgan fingerprint density at radius 1 is 1.02 bits per heavy atom. The Hall–Kier alpha value is -4.29. The molecule has 3 unspecified atom stereocenters. The molecule has 2 aliphatic rings. The molecule has 0 radical (unpaired) electrons. The lowest BCUT2D eigenvalue weighted by molar-refractivity contribution is -0.130. The zero-order valence-electron chi connectivity index (χ0n) is 27.9. The molecule has 0 aromatic heterocycles. The average Bonchev–Trinajstić information content (AvgIpc) is 3.19. The number of para-hydroxylation sites is 2. The third kappa shape index (κ3) is 8.04. The van der Waals surface area contributed by atoms with Crippen molar-refractivity contribution in [3.63, 3.8) is 0 Å². The van der Waals surface area contributed by atoms with Gasteiger partial charge in [0.2, 0.25) is 11.8 Å². The van der Waals surface area contributed by atoms with Gasteiger partial charge < -0.3 is 41.1 Å². The lowest BCUT2D eigenvalue weighted by atomic mass is 9.79. The van der Waals surface area contributed by atoms with Gasteiger partial charge in [-0.1, -0.05) is 81.4 Å². The number of rotatable bonds is 10. The monoisotopic (exact) mass is 657 g/mol. The van der Waals surface area contributed by atoms with Gasteiger partial charge in [-0.25, -0.2) is 4.79 Å². The molecule has 2 aliphatic heterocycles. The van der Waals surface area contributed by atoms with E-state index in [0.717, 1.165) is 27.9 Å². The van der Waals surface area contributed by atoms with Crippen molar-refractivity contribution in [2.75, 3.05) is 43.1 Å². The molecule has 0 aliphatic carbocycles. The van der Waals surface area contributed by atoms with E-state index in [2.05, 4.69) is 10.6 Å². The molecule has 1 saturated heterocycles. The highest BCUT2D eigenvalue weighted by molar-refractivity contribution is 6.01. The van der Waals surface area contributed by atoms with Crippen LogP contribution in [0.15, 0.2) is 72.8 Å². The topological polar surface area (TPSA) is 157 Å². The first-order valence-corrected chi connectivity index (χ1v) is 16.6. The number of benzene rings is 3. The zero-order chi connectivity index (χ0) is 34.4. The molecular weight excluding hydrogens is 610 g/mol. The minimum atomic E-state index is -1.00. The number of nitrogens with zero attached hydrogens (tertiary/aromatic N) is 2. The summed E-state index contributed by atoms with van der Waals surface area (Å²) in [6, 6.07) is 21.4. The number of amides is 4. The van der Waals surface area contributed by atoms with Gasteiger partial charge in [0.05, 0.1) is 44.2 Å². The molecule has 11 heteroatoms. The van der Waals surface area contributed by atoms with Gasteiger partial charge in [0.15, 0.2) is 0 Å². The quantitative estimate of drug-likeness (QED) is 0.222. The lowest BCUT2D eigenvalue weighted by Gasteiger charge is -2.33. The third-order valence-corrected chi connectivity index (χ3v) is 9.40. The van der Waals surface area contributed by atoms with E-state index in [1.807, 2.05) is 79.7 Å². The van der Waals surface area contributed by atoms with Gasteiger partial charge in [-0.15, -0.1) is 0 Å². The summed E-state index contributed by atoms with van der Waals surface area (Å²) in [5.74, 6) is -0.737. The Morgan fingerprint density at radius 2 is 1.69 bits per heavy atom. The molecule has 0 bridgehead atoms. The van der Waals surface area contributed by atoms with E-state index in [-0.39, 0.29) is 30.8 Å². The number of ether oxygens (including phenoxy) is 1. The average molecular weight is 658 g/mol. The van der Waals surface area contributed by atoms with Crippen LogP contribution >= 0.6 is 0 Å². The standard InChI is InChI=1S/C37H47N5O6/c1-24-20-31(39-34(45)33(38)37(2,3)21-27(44)23-43)35(46)42(32-11-7-5-8-28(24)32)22-25-12-14-26(15-13-25)29-9-4-6-10-30(29)40-36(47)41-16-18-48-19-17-41/h4-15,24,27,31,33,43-44H,16-23,38H2,1-3H3,(H,39,45)(H,40,47)/t24?,27-,31?,33?/m0/s1. The summed E-state index contributed by atoms with van der Waals surface area (Å²) in [7, 11) is 0. The van der Waals surface area contributed by atoms with Crippen LogP contribution in [0, 0.1) is 5.41 Å². The number of nitrogens with two attached hydrogens (primary N) is 1. The molecule has 2 heterocycles. The van der Waals surface area contributed by atoms with E-state index < -0.39 is 36.1 Å². The largest absolute Gasteiger partial charge is 0.394 e. The van der Waals surface area contributed by atoms with Crippen LogP contribution < -0.4 is 21.3 Å². The van der Waals surface area contributed by atoms with E-state index in [4.69, 9.17) is 10.5 Å². The predicted molar refractivity (Wildman–Crippen MR) is 185 cm³/mol. The van der Waals surface area contributed by atoms with Gasteiger partial charge in [-0.3, -0.25) is 9.59 Å². The number of urea groups is 1. The summed E-state index contributed by atoms with van der Waals surface area (Å²) in [4.78, 5) is 44.0. The van der Waals surface area contributed by atoms with Crippen molar-refractivity contribution >= 4 is 29.2 Å². The Kier molecular flexibility index (Phi) is 11.2. The smallest absolute Gasteiger partial charge is 0.322 e. The van der Waals surface area contributed by atoms with Crippen molar-refractivity contribution < 1.29 is 29.3 Å². The maximum atomic E-state index is 14.2. The molecule has 3 aromatic rings. The van der Waals surface area contributed by atoms with Gasteiger partial charge >= 0.3 is 6.03 Å². The van der Waals surface area contributed by atoms with Crippen molar-refractivity contribution in [1.29, 1.82) is 0 Å². The van der Waals surface area contributed by atoms with E-state index in [1.54, 1.807) is 23.6 Å². The van der Waals surface area contributed by atoms with Crippen LogP contribution in [0.2, 0.25) is 0 Å². The van der Waals surface area contributed by atoms with Gasteiger partial charge in [0, 0.05) is 24.3 Å². The molecule has 4 amide bonds. The van der Waals surface area contributed by atoms with Crippen LogP contribution in [-0.2, 0) is 20.9 Å². The van der Waals surface area contributed by atoms with Gasteiger partial charge in [-0.2, -0.15) is 0 Å². The molecule has 11 nitrogen and oxygen atoms in total. The van der Waals surface area contributed by atoms with Crippen molar-refractivity contribution in [3.05, 3.63) is 83.9 Å². The second kappa shape index (κ2) is 15.3. The Labute approximate surface area is 282 Å². The van der Waals surface area contributed by atoms with Crippen LogP contribution in [0.3, 0.4) is 0 Å². The first-order valence-electron chi connectivity index (χ1n) is 16.6. The Balaban J connectivity index is 1.35. The highest BCUT2D eigenvalue weighted by atomic mass is 16.5. The van der Waals surface area contributed by atoms with E-state index in [0.29, 0.717) is 38.4 Å². The number of nitrogens with one attached hydrogen (secondary N) is 2.